The van der Waals surface area contributed by atoms with Crippen LogP contribution in [0.15, 0.2) is 24.3 Å². The van der Waals surface area contributed by atoms with Gasteiger partial charge in [-0.1, -0.05) is 0 Å². The summed E-state index contributed by atoms with van der Waals surface area (Å²) in [6.07, 6.45) is 0.246. The second-order valence-corrected chi connectivity index (χ2v) is 4.82. The highest BCUT2D eigenvalue weighted by molar-refractivity contribution is 5.89. The van der Waals surface area contributed by atoms with Gasteiger partial charge in [-0.2, -0.15) is 0 Å². The van der Waals surface area contributed by atoms with Gasteiger partial charge in [-0.15, -0.1) is 0 Å². The summed E-state index contributed by atoms with van der Waals surface area (Å²) < 4.78 is 15.8. The van der Waals surface area contributed by atoms with Crippen molar-refractivity contribution in [3.05, 3.63) is 24.3 Å². The molecule has 20 heavy (non-hydrogen) atoms. The Morgan fingerprint density at radius 1 is 1.30 bits per heavy atom. The third-order valence-electron chi connectivity index (χ3n) is 3.24. The van der Waals surface area contributed by atoms with E-state index in [1.165, 1.54) is 0 Å². The Kier molecular flexibility index (Phi) is 4.03. The van der Waals surface area contributed by atoms with Crippen LogP contribution in [0.5, 0.6) is 5.75 Å². The maximum absolute atomic E-state index is 12.0. The Labute approximate surface area is 117 Å². The minimum atomic E-state index is -0.0895. The van der Waals surface area contributed by atoms with Gasteiger partial charge in [0.25, 0.3) is 0 Å². The number of anilines is 1. The number of amides is 2. The number of carbonyl (C=O) groups excluding carboxylic acids is 1. The SMILES string of the molecule is O=C(Nc1ccc(OCC2CO2)cc1)N1CCOCC1. The summed E-state index contributed by atoms with van der Waals surface area (Å²) in [7, 11) is 0. The topological polar surface area (TPSA) is 63.3 Å². The molecule has 2 saturated heterocycles. The van der Waals surface area contributed by atoms with Crippen molar-refractivity contribution in [1.82, 2.24) is 4.90 Å². The zero-order chi connectivity index (χ0) is 13.8. The van der Waals surface area contributed by atoms with Crippen LogP contribution in [0.2, 0.25) is 0 Å². The van der Waals surface area contributed by atoms with Crippen LogP contribution in [0.3, 0.4) is 0 Å². The molecule has 3 rings (SSSR count). The predicted molar refractivity (Wildman–Crippen MR) is 73.1 cm³/mol. The highest BCUT2D eigenvalue weighted by atomic mass is 16.6. The molecule has 2 aliphatic heterocycles. The molecule has 0 aliphatic carbocycles. The molecule has 1 atom stereocenters. The van der Waals surface area contributed by atoms with Crippen LogP contribution >= 0.6 is 0 Å². The fourth-order valence-corrected chi connectivity index (χ4v) is 1.96. The monoisotopic (exact) mass is 278 g/mol. The van der Waals surface area contributed by atoms with E-state index in [9.17, 15) is 4.79 Å². The number of nitrogens with zero attached hydrogens (tertiary/aromatic N) is 1. The fraction of sp³-hybridized carbons (Fsp3) is 0.500. The van der Waals surface area contributed by atoms with Gasteiger partial charge in [0, 0.05) is 18.8 Å². The van der Waals surface area contributed by atoms with E-state index in [2.05, 4.69) is 5.32 Å². The average molecular weight is 278 g/mol. The zero-order valence-corrected chi connectivity index (χ0v) is 11.2. The Morgan fingerprint density at radius 3 is 2.65 bits per heavy atom. The largest absolute Gasteiger partial charge is 0.491 e. The summed E-state index contributed by atoms with van der Waals surface area (Å²) >= 11 is 0. The molecular formula is C14H18N2O4. The first kappa shape index (κ1) is 13.2. The lowest BCUT2D eigenvalue weighted by molar-refractivity contribution is 0.0564. The van der Waals surface area contributed by atoms with E-state index >= 15 is 0 Å². The van der Waals surface area contributed by atoms with E-state index in [1.807, 2.05) is 24.3 Å². The number of benzene rings is 1. The summed E-state index contributed by atoms with van der Waals surface area (Å²) in [5.41, 5.74) is 0.761. The quantitative estimate of drug-likeness (QED) is 0.844. The second kappa shape index (κ2) is 6.11. The number of morpholine rings is 1. The Morgan fingerprint density at radius 2 is 2.00 bits per heavy atom. The fourth-order valence-electron chi connectivity index (χ4n) is 1.96. The van der Waals surface area contributed by atoms with Crippen LogP contribution in [-0.4, -0.2) is 56.6 Å². The molecule has 0 spiro atoms. The highest BCUT2D eigenvalue weighted by Gasteiger charge is 2.23. The predicted octanol–water partition coefficient (Wildman–Crippen LogP) is 1.33. The summed E-state index contributed by atoms with van der Waals surface area (Å²) in [6.45, 7) is 3.84. The van der Waals surface area contributed by atoms with Crippen molar-refractivity contribution in [3.63, 3.8) is 0 Å². The van der Waals surface area contributed by atoms with Crippen molar-refractivity contribution in [3.8, 4) is 5.75 Å². The number of hydrogen-bond donors (Lipinski definition) is 1. The van der Waals surface area contributed by atoms with E-state index in [0.717, 1.165) is 18.0 Å². The Hall–Kier alpha value is -1.79. The molecular weight excluding hydrogens is 260 g/mol. The molecule has 6 heteroatoms. The maximum Gasteiger partial charge on any atom is 0.321 e. The maximum atomic E-state index is 12.0. The third kappa shape index (κ3) is 3.61. The molecule has 1 unspecified atom stereocenters. The van der Waals surface area contributed by atoms with Gasteiger partial charge in [0.05, 0.1) is 19.8 Å². The Bertz CT molecular complexity index is 453. The average Bonchev–Trinajstić information content (AvgIpc) is 3.32. The van der Waals surface area contributed by atoms with Crippen molar-refractivity contribution in [1.29, 1.82) is 0 Å². The van der Waals surface area contributed by atoms with Gasteiger partial charge in [0.15, 0.2) is 0 Å². The van der Waals surface area contributed by atoms with Gasteiger partial charge in [-0.25, -0.2) is 4.79 Å². The molecule has 1 N–H and O–H groups in total. The van der Waals surface area contributed by atoms with Gasteiger partial charge in [0.1, 0.15) is 18.5 Å². The van der Waals surface area contributed by atoms with Crippen molar-refractivity contribution in [2.45, 2.75) is 6.10 Å². The third-order valence-corrected chi connectivity index (χ3v) is 3.24. The second-order valence-electron chi connectivity index (χ2n) is 4.82. The first-order valence-corrected chi connectivity index (χ1v) is 6.79. The number of urea groups is 1. The molecule has 2 amide bonds. The summed E-state index contributed by atoms with van der Waals surface area (Å²) in [4.78, 5) is 13.7. The van der Waals surface area contributed by atoms with Gasteiger partial charge >= 0.3 is 6.03 Å². The number of rotatable bonds is 4. The number of hydrogen-bond acceptors (Lipinski definition) is 4. The van der Waals surface area contributed by atoms with E-state index in [4.69, 9.17) is 14.2 Å². The van der Waals surface area contributed by atoms with Crippen LogP contribution in [0, 0.1) is 0 Å². The van der Waals surface area contributed by atoms with Gasteiger partial charge in [0.2, 0.25) is 0 Å². The first-order valence-electron chi connectivity index (χ1n) is 6.79. The Balaban J connectivity index is 1.49. The molecule has 6 nitrogen and oxygen atoms in total. The molecule has 0 aromatic heterocycles. The number of carbonyl (C=O) groups is 1. The summed E-state index contributed by atoms with van der Waals surface area (Å²) in [5, 5.41) is 2.87. The van der Waals surface area contributed by atoms with Crippen molar-refractivity contribution in [2.24, 2.45) is 0 Å². The molecule has 0 bridgehead atoms. The van der Waals surface area contributed by atoms with E-state index in [-0.39, 0.29) is 12.1 Å². The minimum Gasteiger partial charge on any atom is -0.491 e. The van der Waals surface area contributed by atoms with Crippen molar-refractivity contribution >= 4 is 11.7 Å². The van der Waals surface area contributed by atoms with Crippen LogP contribution < -0.4 is 10.1 Å². The molecule has 108 valence electrons. The number of epoxide rings is 1. The van der Waals surface area contributed by atoms with Crippen LogP contribution in [0.25, 0.3) is 0 Å². The van der Waals surface area contributed by atoms with Crippen LogP contribution in [-0.2, 0) is 9.47 Å². The van der Waals surface area contributed by atoms with E-state index in [1.54, 1.807) is 4.90 Å². The van der Waals surface area contributed by atoms with Gasteiger partial charge < -0.3 is 24.4 Å². The smallest absolute Gasteiger partial charge is 0.321 e. The number of ether oxygens (including phenoxy) is 3. The minimum absolute atomic E-state index is 0.0895. The van der Waals surface area contributed by atoms with Crippen LogP contribution in [0.4, 0.5) is 10.5 Å². The standard InChI is InChI=1S/C14H18N2O4/c17-14(16-5-7-18-8-6-16)15-11-1-3-12(4-2-11)19-9-13-10-20-13/h1-4,13H,5-10H2,(H,15,17). The van der Waals surface area contributed by atoms with E-state index in [0.29, 0.717) is 32.9 Å². The zero-order valence-electron chi connectivity index (χ0n) is 11.2. The number of nitrogens with one attached hydrogen (secondary N) is 1. The summed E-state index contributed by atoms with van der Waals surface area (Å²) in [5.74, 6) is 0.782. The molecule has 0 radical (unpaired) electrons. The normalized spacial score (nSPS) is 21.4. The van der Waals surface area contributed by atoms with Crippen molar-refractivity contribution in [2.75, 3.05) is 44.8 Å². The highest BCUT2D eigenvalue weighted by Crippen LogP contribution is 2.18. The molecule has 2 heterocycles. The lowest BCUT2D eigenvalue weighted by atomic mass is 10.3. The molecule has 1 aromatic carbocycles. The molecule has 2 fully saturated rings. The molecule has 0 saturated carbocycles. The lowest BCUT2D eigenvalue weighted by Crippen LogP contribution is -2.43. The van der Waals surface area contributed by atoms with Gasteiger partial charge in [-0.3, -0.25) is 0 Å². The van der Waals surface area contributed by atoms with Gasteiger partial charge in [-0.05, 0) is 24.3 Å². The molecule has 2 aliphatic rings. The molecule has 1 aromatic rings. The van der Waals surface area contributed by atoms with E-state index < -0.39 is 0 Å². The summed E-state index contributed by atoms with van der Waals surface area (Å²) in [6, 6.07) is 7.27. The van der Waals surface area contributed by atoms with Crippen molar-refractivity contribution < 1.29 is 19.0 Å². The first-order chi connectivity index (χ1) is 9.81. The van der Waals surface area contributed by atoms with Crippen LogP contribution in [0.1, 0.15) is 0 Å². The lowest BCUT2D eigenvalue weighted by Gasteiger charge is -2.26.